The van der Waals surface area contributed by atoms with Crippen molar-refractivity contribution in [3.8, 4) is 11.5 Å². The lowest BCUT2D eigenvalue weighted by atomic mass is 10.1. The average molecular weight is 384 g/mol. The number of ether oxygens (including phenoxy) is 2. The average Bonchev–Trinajstić information content (AvgIpc) is 2.74. The van der Waals surface area contributed by atoms with E-state index in [2.05, 4.69) is 17.6 Å². The predicted molar refractivity (Wildman–Crippen MR) is 109 cm³/mol. The van der Waals surface area contributed by atoms with Gasteiger partial charge in [-0.25, -0.2) is 0 Å². The minimum absolute atomic E-state index is 0.113. The van der Waals surface area contributed by atoms with Crippen molar-refractivity contribution >= 4 is 11.8 Å². The highest BCUT2D eigenvalue weighted by molar-refractivity contribution is 5.95. The molecule has 28 heavy (non-hydrogen) atoms. The second-order valence-electron chi connectivity index (χ2n) is 6.68. The number of hydrogen-bond acceptors (Lipinski definition) is 4. The highest BCUT2D eigenvalue weighted by Gasteiger charge is 2.10. The Morgan fingerprint density at radius 2 is 1.43 bits per heavy atom. The fourth-order valence-electron chi connectivity index (χ4n) is 2.75. The maximum atomic E-state index is 12.2. The SMILES string of the molecule is COc1cccc(C(=O)NCCC[C@@H](C)CNC(=O)c2cccc(OC)c2)c1. The molecule has 0 aromatic heterocycles. The summed E-state index contributed by atoms with van der Waals surface area (Å²) in [6.07, 6.45) is 1.74. The molecule has 150 valence electrons. The second-order valence-corrected chi connectivity index (χ2v) is 6.68. The van der Waals surface area contributed by atoms with Crippen molar-refractivity contribution in [3.05, 3.63) is 59.7 Å². The molecule has 2 aromatic carbocycles. The van der Waals surface area contributed by atoms with Gasteiger partial charge in [0.05, 0.1) is 14.2 Å². The van der Waals surface area contributed by atoms with Gasteiger partial charge in [-0.15, -0.1) is 0 Å². The Labute approximate surface area is 166 Å². The molecule has 6 nitrogen and oxygen atoms in total. The van der Waals surface area contributed by atoms with Crippen LogP contribution in [-0.2, 0) is 0 Å². The van der Waals surface area contributed by atoms with Gasteiger partial charge in [0.25, 0.3) is 11.8 Å². The van der Waals surface area contributed by atoms with Gasteiger partial charge in [-0.3, -0.25) is 9.59 Å². The van der Waals surface area contributed by atoms with Crippen molar-refractivity contribution in [2.45, 2.75) is 19.8 Å². The van der Waals surface area contributed by atoms with E-state index in [0.29, 0.717) is 41.6 Å². The molecule has 0 bridgehead atoms. The van der Waals surface area contributed by atoms with Crippen molar-refractivity contribution < 1.29 is 19.1 Å². The molecule has 1 atom stereocenters. The standard InChI is InChI=1S/C22H28N2O4/c1-16(15-24-22(26)18-9-5-11-20(14-18)28-3)7-6-12-23-21(25)17-8-4-10-19(13-17)27-2/h4-5,8-11,13-14,16H,6-7,12,15H2,1-3H3,(H,23,25)(H,24,26)/t16-/m1/s1. The van der Waals surface area contributed by atoms with Crippen LogP contribution in [0.25, 0.3) is 0 Å². The molecule has 0 aliphatic carbocycles. The van der Waals surface area contributed by atoms with Gasteiger partial charge in [-0.1, -0.05) is 19.1 Å². The van der Waals surface area contributed by atoms with Crippen molar-refractivity contribution in [1.82, 2.24) is 10.6 Å². The molecule has 2 aromatic rings. The maximum Gasteiger partial charge on any atom is 0.251 e. The summed E-state index contributed by atoms with van der Waals surface area (Å²) in [4.78, 5) is 24.4. The zero-order valence-corrected chi connectivity index (χ0v) is 16.7. The highest BCUT2D eigenvalue weighted by Crippen LogP contribution is 2.13. The summed E-state index contributed by atoms with van der Waals surface area (Å²) >= 11 is 0. The molecule has 2 rings (SSSR count). The molecular weight excluding hydrogens is 356 g/mol. The third-order valence-electron chi connectivity index (χ3n) is 4.43. The van der Waals surface area contributed by atoms with Crippen LogP contribution in [0.5, 0.6) is 11.5 Å². The number of methoxy groups -OCH3 is 2. The van der Waals surface area contributed by atoms with Crippen LogP contribution in [0.1, 0.15) is 40.5 Å². The lowest BCUT2D eigenvalue weighted by Gasteiger charge is -2.13. The van der Waals surface area contributed by atoms with Crippen LogP contribution in [0.2, 0.25) is 0 Å². The van der Waals surface area contributed by atoms with E-state index in [0.717, 1.165) is 12.8 Å². The number of carbonyl (C=O) groups is 2. The van der Waals surface area contributed by atoms with Crippen molar-refractivity contribution in [1.29, 1.82) is 0 Å². The molecule has 0 radical (unpaired) electrons. The fraction of sp³-hybridized carbons (Fsp3) is 0.364. The minimum Gasteiger partial charge on any atom is -0.497 e. The van der Waals surface area contributed by atoms with Crippen LogP contribution < -0.4 is 20.1 Å². The Balaban J connectivity index is 1.67. The first-order valence-electron chi connectivity index (χ1n) is 9.38. The van der Waals surface area contributed by atoms with E-state index in [1.54, 1.807) is 62.8 Å². The molecule has 0 saturated carbocycles. The number of benzene rings is 2. The van der Waals surface area contributed by atoms with Gasteiger partial charge >= 0.3 is 0 Å². The zero-order chi connectivity index (χ0) is 20.4. The third kappa shape index (κ3) is 6.61. The summed E-state index contributed by atoms with van der Waals surface area (Å²) in [6.45, 7) is 3.25. The Kier molecular flexibility index (Phi) is 8.34. The van der Waals surface area contributed by atoms with E-state index < -0.39 is 0 Å². The van der Waals surface area contributed by atoms with Crippen LogP contribution in [0.4, 0.5) is 0 Å². The Morgan fingerprint density at radius 3 is 1.96 bits per heavy atom. The predicted octanol–water partition coefficient (Wildman–Crippen LogP) is 3.28. The largest absolute Gasteiger partial charge is 0.497 e. The van der Waals surface area contributed by atoms with Gasteiger partial charge in [0.15, 0.2) is 0 Å². The Hall–Kier alpha value is -3.02. The quantitative estimate of drug-likeness (QED) is 0.617. The van der Waals surface area contributed by atoms with Crippen LogP contribution in [0.15, 0.2) is 48.5 Å². The lowest BCUT2D eigenvalue weighted by Crippen LogP contribution is -2.29. The molecule has 0 saturated heterocycles. The van der Waals surface area contributed by atoms with E-state index >= 15 is 0 Å². The van der Waals surface area contributed by atoms with Crippen LogP contribution >= 0.6 is 0 Å². The van der Waals surface area contributed by atoms with Gasteiger partial charge in [0.1, 0.15) is 11.5 Å². The zero-order valence-electron chi connectivity index (χ0n) is 16.7. The van der Waals surface area contributed by atoms with Crippen LogP contribution in [0.3, 0.4) is 0 Å². The molecular formula is C22H28N2O4. The van der Waals surface area contributed by atoms with E-state index in [1.807, 2.05) is 0 Å². The normalized spacial score (nSPS) is 11.4. The summed E-state index contributed by atoms with van der Waals surface area (Å²) in [7, 11) is 3.15. The minimum atomic E-state index is -0.114. The Bertz CT molecular complexity index is 792. The first kappa shape index (κ1) is 21.3. The second kappa shape index (κ2) is 11.0. The Morgan fingerprint density at radius 1 is 0.893 bits per heavy atom. The number of hydrogen-bond donors (Lipinski definition) is 2. The number of nitrogens with one attached hydrogen (secondary N) is 2. The summed E-state index contributed by atoms with van der Waals surface area (Å²) in [5.41, 5.74) is 1.16. The van der Waals surface area contributed by atoms with Crippen LogP contribution in [-0.4, -0.2) is 39.1 Å². The molecule has 0 fully saturated rings. The number of carbonyl (C=O) groups excluding carboxylic acids is 2. The van der Waals surface area contributed by atoms with E-state index in [4.69, 9.17) is 9.47 Å². The van der Waals surface area contributed by atoms with Gasteiger partial charge in [-0.2, -0.15) is 0 Å². The van der Waals surface area contributed by atoms with Crippen molar-refractivity contribution in [2.75, 3.05) is 27.3 Å². The first-order chi connectivity index (χ1) is 13.5. The monoisotopic (exact) mass is 384 g/mol. The molecule has 0 spiro atoms. The molecule has 0 aliphatic rings. The molecule has 0 unspecified atom stereocenters. The maximum absolute atomic E-state index is 12.2. The van der Waals surface area contributed by atoms with Gasteiger partial charge in [-0.05, 0) is 55.2 Å². The first-order valence-corrected chi connectivity index (χ1v) is 9.38. The molecule has 0 aliphatic heterocycles. The molecule has 2 N–H and O–H groups in total. The van der Waals surface area contributed by atoms with Gasteiger partial charge in [0.2, 0.25) is 0 Å². The van der Waals surface area contributed by atoms with Crippen LogP contribution in [0, 0.1) is 5.92 Å². The summed E-state index contributed by atoms with van der Waals surface area (Å²) in [5, 5.41) is 5.86. The smallest absolute Gasteiger partial charge is 0.251 e. The molecule has 6 heteroatoms. The molecule has 0 heterocycles. The molecule has 2 amide bonds. The summed E-state index contributed by atoms with van der Waals surface area (Å²) in [6, 6.07) is 14.1. The van der Waals surface area contributed by atoms with E-state index in [-0.39, 0.29) is 11.8 Å². The summed E-state index contributed by atoms with van der Waals surface area (Å²) in [5.74, 6) is 1.40. The summed E-state index contributed by atoms with van der Waals surface area (Å²) < 4.78 is 10.3. The lowest BCUT2D eigenvalue weighted by molar-refractivity contribution is 0.0945. The van der Waals surface area contributed by atoms with Gasteiger partial charge in [0, 0.05) is 24.2 Å². The number of amides is 2. The van der Waals surface area contributed by atoms with Crippen molar-refractivity contribution in [3.63, 3.8) is 0 Å². The third-order valence-corrected chi connectivity index (χ3v) is 4.43. The van der Waals surface area contributed by atoms with Crippen molar-refractivity contribution in [2.24, 2.45) is 5.92 Å². The topological polar surface area (TPSA) is 76.7 Å². The fourth-order valence-corrected chi connectivity index (χ4v) is 2.75. The van der Waals surface area contributed by atoms with Gasteiger partial charge < -0.3 is 20.1 Å². The van der Waals surface area contributed by atoms with E-state index in [1.165, 1.54) is 0 Å². The number of rotatable bonds is 10. The highest BCUT2D eigenvalue weighted by atomic mass is 16.5. The van der Waals surface area contributed by atoms with E-state index in [9.17, 15) is 9.59 Å².